The predicted octanol–water partition coefficient (Wildman–Crippen LogP) is 1.98. The number of hydrogen-bond acceptors (Lipinski definition) is 4. The third-order valence-electron chi connectivity index (χ3n) is 3.08. The Bertz CT molecular complexity index is 509. The van der Waals surface area contributed by atoms with Crippen LogP contribution in [0.2, 0.25) is 0 Å². The number of nitro groups is 1. The molecule has 1 unspecified atom stereocenters. The van der Waals surface area contributed by atoms with Crippen LogP contribution in [-0.2, 0) is 6.42 Å². The van der Waals surface area contributed by atoms with Crippen molar-refractivity contribution in [1.82, 2.24) is 5.32 Å². The number of nitrogens with one attached hydrogen (secondary N) is 1. The largest absolute Gasteiger partial charge is 0.364 e. The lowest BCUT2D eigenvalue weighted by Gasteiger charge is -2.15. The van der Waals surface area contributed by atoms with Crippen molar-refractivity contribution in [2.24, 2.45) is 0 Å². The Labute approximate surface area is 111 Å². The summed E-state index contributed by atoms with van der Waals surface area (Å²) in [5.74, 6) is 0. The normalized spacial score (nSPS) is 18.3. The first-order chi connectivity index (χ1) is 9.18. The van der Waals surface area contributed by atoms with E-state index in [1.54, 1.807) is 12.3 Å². The molecular weight excluding hydrogens is 244 g/mol. The predicted molar refractivity (Wildman–Crippen MR) is 71.7 cm³/mol. The lowest BCUT2D eigenvalue weighted by Crippen LogP contribution is -2.33. The molecule has 100 valence electrons. The van der Waals surface area contributed by atoms with Crippen LogP contribution in [0.25, 0.3) is 0 Å². The number of benzene rings is 1. The number of aryl methyl sites for hydroxylation is 1. The van der Waals surface area contributed by atoms with Gasteiger partial charge in [0.2, 0.25) is 6.23 Å². The Morgan fingerprint density at radius 3 is 2.68 bits per heavy atom. The topological polar surface area (TPSA) is 75.4 Å². The third kappa shape index (κ3) is 3.42. The second kappa shape index (κ2) is 6.15. The maximum Gasteiger partial charge on any atom is 0.298 e. The summed E-state index contributed by atoms with van der Waals surface area (Å²) in [6, 6.07) is 9.99. The van der Waals surface area contributed by atoms with Crippen molar-refractivity contribution in [1.29, 1.82) is 0 Å². The minimum atomic E-state index is -1.22. The molecule has 0 spiro atoms. The van der Waals surface area contributed by atoms with Crippen molar-refractivity contribution >= 4 is 0 Å². The fourth-order valence-corrected chi connectivity index (χ4v) is 2.14. The molecule has 1 aliphatic heterocycles. The zero-order chi connectivity index (χ0) is 13.7. The van der Waals surface area contributed by atoms with Crippen molar-refractivity contribution in [3.05, 3.63) is 69.6 Å². The van der Waals surface area contributed by atoms with Gasteiger partial charge in [-0.2, -0.15) is 0 Å². The number of rotatable bonds is 5. The highest BCUT2D eigenvalue weighted by Crippen LogP contribution is 2.20. The third-order valence-corrected chi connectivity index (χ3v) is 3.08. The number of dihydropyridines is 1. The molecule has 19 heavy (non-hydrogen) atoms. The highest BCUT2D eigenvalue weighted by atomic mass is 16.6. The summed E-state index contributed by atoms with van der Waals surface area (Å²) in [4.78, 5) is 10.4. The standard InChI is InChI=1S/C14H16N2O3/c17-14-13(16(18)19)12(9-10-15-14)8-4-7-11-5-2-1-3-6-11/h1-3,5-6,9-10,14-15,17H,4,7-8H2. The van der Waals surface area contributed by atoms with Crippen LogP contribution in [0.1, 0.15) is 18.4 Å². The summed E-state index contributed by atoms with van der Waals surface area (Å²) in [5.41, 5.74) is 1.66. The van der Waals surface area contributed by atoms with Crippen LogP contribution in [0.5, 0.6) is 0 Å². The zero-order valence-electron chi connectivity index (χ0n) is 10.5. The van der Waals surface area contributed by atoms with Gasteiger partial charge in [-0.3, -0.25) is 10.1 Å². The van der Waals surface area contributed by atoms with E-state index >= 15 is 0 Å². The number of hydrogen-bond donors (Lipinski definition) is 2. The van der Waals surface area contributed by atoms with Gasteiger partial charge < -0.3 is 10.4 Å². The van der Waals surface area contributed by atoms with Crippen LogP contribution in [0.4, 0.5) is 0 Å². The fourth-order valence-electron chi connectivity index (χ4n) is 2.14. The zero-order valence-corrected chi connectivity index (χ0v) is 10.5. The maximum atomic E-state index is 10.9. The van der Waals surface area contributed by atoms with Crippen molar-refractivity contribution < 1.29 is 10.0 Å². The summed E-state index contributed by atoms with van der Waals surface area (Å²) in [7, 11) is 0. The van der Waals surface area contributed by atoms with Crippen molar-refractivity contribution in [3.63, 3.8) is 0 Å². The maximum absolute atomic E-state index is 10.9. The van der Waals surface area contributed by atoms with Gasteiger partial charge in [0.1, 0.15) is 0 Å². The van der Waals surface area contributed by atoms with Gasteiger partial charge >= 0.3 is 0 Å². The molecule has 5 nitrogen and oxygen atoms in total. The second-order valence-electron chi connectivity index (χ2n) is 4.41. The van der Waals surface area contributed by atoms with Gasteiger partial charge in [-0.1, -0.05) is 30.3 Å². The van der Waals surface area contributed by atoms with Gasteiger partial charge in [0, 0.05) is 5.57 Å². The van der Waals surface area contributed by atoms with Crippen LogP contribution in [-0.4, -0.2) is 16.3 Å². The average Bonchev–Trinajstić information content (AvgIpc) is 2.39. The van der Waals surface area contributed by atoms with Crippen LogP contribution >= 0.6 is 0 Å². The Hall–Kier alpha value is -2.14. The molecule has 5 heteroatoms. The molecule has 0 fully saturated rings. The molecule has 0 amide bonds. The van der Waals surface area contributed by atoms with E-state index in [1.165, 1.54) is 5.56 Å². The van der Waals surface area contributed by atoms with Crippen molar-refractivity contribution in [3.8, 4) is 0 Å². The minimum absolute atomic E-state index is 0.143. The molecule has 1 aliphatic rings. The van der Waals surface area contributed by atoms with Gasteiger partial charge in [-0.25, -0.2) is 0 Å². The fraction of sp³-hybridized carbons (Fsp3) is 0.286. The first-order valence-corrected chi connectivity index (χ1v) is 6.20. The van der Waals surface area contributed by atoms with Crippen LogP contribution < -0.4 is 5.32 Å². The summed E-state index contributed by atoms with van der Waals surface area (Å²) >= 11 is 0. The van der Waals surface area contributed by atoms with Gasteiger partial charge in [-0.15, -0.1) is 0 Å². The molecule has 1 heterocycles. The Morgan fingerprint density at radius 1 is 1.26 bits per heavy atom. The van der Waals surface area contributed by atoms with E-state index in [0.717, 1.165) is 12.8 Å². The average molecular weight is 260 g/mol. The molecule has 0 radical (unpaired) electrons. The monoisotopic (exact) mass is 260 g/mol. The van der Waals surface area contributed by atoms with E-state index in [4.69, 9.17) is 0 Å². The molecule has 2 rings (SSSR count). The van der Waals surface area contributed by atoms with Crippen LogP contribution in [0.15, 0.2) is 53.9 Å². The van der Waals surface area contributed by atoms with Crippen molar-refractivity contribution in [2.75, 3.05) is 0 Å². The Kier molecular flexibility index (Phi) is 4.30. The molecule has 0 saturated carbocycles. The van der Waals surface area contributed by atoms with E-state index in [1.807, 2.05) is 30.3 Å². The molecule has 0 aliphatic carbocycles. The summed E-state index contributed by atoms with van der Waals surface area (Å²) < 4.78 is 0. The second-order valence-corrected chi connectivity index (χ2v) is 4.41. The van der Waals surface area contributed by atoms with E-state index in [9.17, 15) is 15.2 Å². The molecule has 1 aromatic carbocycles. The number of nitrogens with zero attached hydrogens (tertiary/aromatic N) is 1. The van der Waals surface area contributed by atoms with Gasteiger partial charge in [0.05, 0.1) is 4.92 Å². The number of aliphatic hydroxyl groups excluding tert-OH is 1. The molecular formula is C14H16N2O3. The van der Waals surface area contributed by atoms with E-state index in [2.05, 4.69) is 5.32 Å². The minimum Gasteiger partial charge on any atom is -0.364 e. The SMILES string of the molecule is O=[N+]([O-])C1=C(CCCc2ccccc2)C=CNC1O. The van der Waals surface area contributed by atoms with Gasteiger partial charge in [0.25, 0.3) is 5.70 Å². The molecule has 2 N–H and O–H groups in total. The molecule has 0 saturated heterocycles. The van der Waals surface area contributed by atoms with Crippen LogP contribution in [0.3, 0.4) is 0 Å². The smallest absolute Gasteiger partial charge is 0.298 e. The number of aliphatic hydroxyl groups is 1. The lowest BCUT2D eigenvalue weighted by atomic mass is 10.0. The van der Waals surface area contributed by atoms with Crippen molar-refractivity contribution in [2.45, 2.75) is 25.5 Å². The molecule has 1 atom stereocenters. The van der Waals surface area contributed by atoms with E-state index in [-0.39, 0.29) is 5.70 Å². The Morgan fingerprint density at radius 2 is 2.00 bits per heavy atom. The van der Waals surface area contributed by atoms with Crippen LogP contribution in [0, 0.1) is 10.1 Å². The highest BCUT2D eigenvalue weighted by molar-refractivity contribution is 5.27. The quantitative estimate of drug-likeness (QED) is 0.627. The Balaban J connectivity index is 1.99. The molecule has 0 aromatic heterocycles. The summed E-state index contributed by atoms with van der Waals surface area (Å²) in [6.45, 7) is 0. The van der Waals surface area contributed by atoms with Gasteiger partial charge in [-0.05, 0) is 37.1 Å². The van der Waals surface area contributed by atoms with Gasteiger partial charge in [0.15, 0.2) is 0 Å². The lowest BCUT2D eigenvalue weighted by molar-refractivity contribution is -0.438. The summed E-state index contributed by atoms with van der Waals surface area (Å²) in [6.07, 6.45) is 4.26. The first kappa shape index (κ1) is 13.3. The van der Waals surface area contributed by atoms with E-state index in [0.29, 0.717) is 12.0 Å². The van der Waals surface area contributed by atoms with E-state index < -0.39 is 11.2 Å². The molecule has 1 aromatic rings. The summed E-state index contributed by atoms with van der Waals surface area (Å²) in [5, 5.41) is 23.0. The molecule has 0 bridgehead atoms. The number of allylic oxidation sites excluding steroid dienone is 2. The first-order valence-electron chi connectivity index (χ1n) is 6.20. The highest BCUT2D eigenvalue weighted by Gasteiger charge is 2.27.